The lowest BCUT2D eigenvalue weighted by Gasteiger charge is -2.10. The van der Waals surface area contributed by atoms with E-state index in [1.54, 1.807) is 11.3 Å². The van der Waals surface area contributed by atoms with E-state index < -0.39 is 0 Å². The molecule has 1 aromatic rings. The third-order valence-electron chi connectivity index (χ3n) is 3.21. The van der Waals surface area contributed by atoms with Gasteiger partial charge < -0.3 is 10.6 Å². The fourth-order valence-corrected chi connectivity index (χ4v) is 2.66. The van der Waals surface area contributed by atoms with Crippen molar-refractivity contribution >= 4 is 41.3 Å². The van der Waals surface area contributed by atoms with Gasteiger partial charge in [-0.15, -0.1) is 35.3 Å². The molecule has 0 unspecified atom stereocenters. The van der Waals surface area contributed by atoms with Crippen molar-refractivity contribution in [2.75, 3.05) is 13.1 Å². The Balaban J connectivity index is 0.00000200. The molecule has 20 heavy (non-hydrogen) atoms. The van der Waals surface area contributed by atoms with E-state index in [9.17, 15) is 0 Å². The number of aryl methyl sites for hydroxylation is 1. The van der Waals surface area contributed by atoms with Gasteiger partial charge in [-0.1, -0.05) is 19.8 Å². The van der Waals surface area contributed by atoms with Crippen LogP contribution in [-0.2, 0) is 13.0 Å². The van der Waals surface area contributed by atoms with Crippen molar-refractivity contribution in [3.05, 3.63) is 16.1 Å². The van der Waals surface area contributed by atoms with Gasteiger partial charge in [-0.2, -0.15) is 0 Å². The second-order valence-corrected chi connectivity index (χ2v) is 6.13. The minimum Gasteiger partial charge on any atom is -0.357 e. The summed E-state index contributed by atoms with van der Waals surface area (Å²) in [6.07, 6.45) is 7.11. The Morgan fingerprint density at radius 1 is 1.40 bits per heavy atom. The molecule has 1 saturated carbocycles. The molecule has 0 amide bonds. The molecular formula is C14H25IN4S. The Bertz CT molecular complexity index is 415. The standard InChI is InChI=1S/C14H24N4S.HI/c1-3-12-9-17-13(19-12)10-18-14(15-4-2)16-8-7-11-5-6-11;/h9,11H,3-8,10H2,1-2H3,(H2,15,16,18);1H. The van der Waals surface area contributed by atoms with Gasteiger partial charge in [-0.3, -0.25) is 0 Å². The Morgan fingerprint density at radius 2 is 2.20 bits per heavy atom. The fourth-order valence-electron chi connectivity index (χ4n) is 1.87. The van der Waals surface area contributed by atoms with Crippen molar-refractivity contribution in [1.82, 2.24) is 15.6 Å². The molecule has 2 rings (SSSR count). The Morgan fingerprint density at radius 3 is 2.80 bits per heavy atom. The average Bonchev–Trinajstić information content (AvgIpc) is 3.12. The average molecular weight is 408 g/mol. The lowest BCUT2D eigenvalue weighted by Crippen LogP contribution is -2.37. The number of hydrogen-bond acceptors (Lipinski definition) is 3. The van der Waals surface area contributed by atoms with Gasteiger partial charge in [0.25, 0.3) is 0 Å². The Hall–Kier alpha value is -0.370. The third-order valence-corrected chi connectivity index (χ3v) is 4.33. The van der Waals surface area contributed by atoms with Crippen LogP contribution in [0.4, 0.5) is 0 Å². The van der Waals surface area contributed by atoms with E-state index in [2.05, 4.69) is 34.5 Å². The van der Waals surface area contributed by atoms with Gasteiger partial charge in [0.1, 0.15) is 5.01 Å². The molecule has 0 aromatic carbocycles. The highest BCUT2D eigenvalue weighted by Gasteiger charge is 2.20. The van der Waals surface area contributed by atoms with Crippen LogP contribution in [0.3, 0.4) is 0 Å². The number of aromatic nitrogens is 1. The van der Waals surface area contributed by atoms with Crippen LogP contribution >= 0.6 is 35.3 Å². The zero-order valence-corrected chi connectivity index (χ0v) is 15.5. The van der Waals surface area contributed by atoms with E-state index in [4.69, 9.17) is 0 Å². The van der Waals surface area contributed by atoms with Crippen molar-refractivity contribution in [1.29, 1.82) is 0 Å². The number of thiazole rings is 1. The molecular weight excluding hydrogens is 383 g/mol. The predicted molar refractivity (Wildman–Crippen MR) is 97.1 cm³/mol. The molecule has 1 aliphatic rings. The van der Waals surface area contributed by atoms with Gasteiger partial charge in [0.05, 0.1) is 6.54 Å². The summed E-state index contributed by atoms with van der Waals surface area (Å²) in [4.78, 5) is 10.3. The molecule has 0 radical (unpaired) electrons. The maximum Gasteiger partial charge on any atom is 0.191 e. The smallest absolute Gasteiger partial charge is 0.191 e. The lowest BCUT2D eigenvalue weighted by molar-refractivity contribution is 0.685. The van der Waals surface area contributed by atoms with Crippen molar-refractivity contribution in [3.63, 3.8) is 0 Å². The predicted octanol–water partition coefficient (Wildman–Crippen LogP) is 3.18. The number of hydrogen-bond donors (Lipinski definition) is 2. The van der Waals surface area contributed by atoms with Crippen LogP contribution in [0.2, 0.25) is 0 Å². The first-order valence-electron chi connectivity index (χ1n) is 7.27. The Kier molecular flexibility index (Phi) is 8.44. The van der Waals surface area contributed by atoms with Gasteiger partial charge in [-0.05, 0) is 25.7 Å². The molecule has 2 N–H and O–H groups in total. The summed E-state index contributed by atoms with van der Waals surface area (Å²) in [6, 6.07) is 0. The molecule has 0 aliphatic heterocycles. The summed E-state index contributed by atoms with van der Waals surface area (Å²) in [6.45, 7) is 6.84. The quantitative estimate of drug-likeness (QED) is 0.414. The first-order valence-corrected chi connectivity index (χ1v) is 8.09. The minimum atomic E-state index is 0. The summed E-state index contributed by atoms with van der Waals surface area (Å²) < 4.78 is 0. The topological polar surface area (TPSA) is 49.3 Å². The zero-order valence-electron chi connectivity index (χ0n) is 12.3. The maximum absolute atomic E-state index is 4.59. The Labute approximate surface area is 142 Å². The second kappa shape index (κ2) is 9.55. The number of halogens is 1. The first-order chi connectivity index (χ1) is 9.31. The number of nitrogens with one attached hydrogen (secondary N) is 2. The lowest BCUT2D eigenvalue weighted by atomic mass is 10.3. The molecule has 1 aromatic heterocycles. The second-order valence-electron chi connectivity index (χ2n) is 4.93. The summed E-state index contributed by atoms with van der Waals surface area (Å²) in [5, 5.41) is 7.78. The van der Waals surface area contributed by atoms with Crippen molar-refractivity contribution in [2.45, 2.75) is 46.1 Å². The summed E-state index contributed by atoms with van der Waals surface area (Å²) >= 11 is 1.76. The molecule has 0 spiro atoms. The van der Waals surface area contributed by atoms with E-state index in [1.165, 1.54) is 24.1 Å². The SMILES string of the molecule is CCNC(=NCc1ncc(CC)s1)NCCC1CC1.I. The highest BCUT2D eigenvalue weighted by atomic mass is 127. The van der Waals surface area contributed by atoms with E-state index in [0.717, 1.165) is 36.4 Å². The third kappa shape index (κ3) is 6.39. The fraction of sp³-hybridized carbons (Fsp3) is 0.714. The van der Waals surface area contributed by atoms with E-state index in [-0.39, 0.29) is 24.0 Å². The zero-order chi connectivity index (χ0) is 13.5. The van der Waals surface area contributed by atoms with Crippen LogP contribution in [-0.4, -0.2) is 24.0 Å². The summed E-state index contributed by atoms with van der Waals surface area (Å²) in [5.74, 6) is 1.87. The van der Waals surface area contributed by atoms with E-state index in [0.29, 0.717) is 6.54 Å². The van der Waals surface area contributed by atoms with E-state index >= 15 is 0 Å². The molecule has 6 heteroatoms. The molecule has 0 saturated heterocycles. The highest BCUT2D eigenvalue weighted by Crippen LogP contribution is 2.31. The van der Waals surface area contributed by atoms with Crippen LogP contribution in [0.1, 0.15) is 43.0 Å². The number of nitrogens with zero attached hydrogens (tertiary/aromatic N) is 2. The maximum atomic E-state index is 4.59. The van der Waals surface area contributed by atoms with Crippen molar-refractivity contribution in [3.8, 4) is 0 Å². The van der Waals surface area contributed by atoms with Gasteiger partial charge >= 0.3 is 0 Å². The van der Waals surface area contributed by atoms with Crippen molar-refractivity contribution in [2.24, 2.45) is 10.9 Å². The normalized spacial score (nSPS) is 14.8. The van der Waals surface area contributed by atoms with Crippen LogP contribution in [0.25, 0.3) is 0 Å². The summed E-state index contributed by atoms with van der Waals surface area (Å²) in [7, 11) is 0. The highest BCUT2D eigenvalue weighted by molar-refractivity contribution is 14.0. The number of aliphatic imine (C=N–C) groups is 1. The molecule has 1 fully saturated rings. The molecule has 0 atom stereocenters. The van der Waals surface area contributed by atoms with Gasteiger partial charge in [-0.25, -0.2) is 9.98 Å². The molecule has 0 bridgehead atoms. The van der Waals surface area contributed by atoms with Crippen LogP contribution in [0, 0.1) is 5.92 Å². The van der Waals surface area contributed by atoms with Crippen LogP contribution in [0.15, 0.2) is 11.2 Å². The van der Waals surface area contributed by atoms with E-state index in [1.807, 2.05) is 6.20 Å². The van der Waals surface area contributed by atoms with Crippen LogP contribution < -0.4 is 10.6 Å². The summed E-state index contributed by atoms with van der Waals surface area (Å²) in [5.41, 5.74) is 0. The minimum absolute atomic E-state index is 0. The molecule has 1 heterocycles. The van der Waals surface area contributed by atoms with Crippen LogP contribution in [0.5, 0.6) is 0 Å². The monoisotopic (exact) mass is 408 g/mol. The number of rotatable bonds is 7. The number of guanidine groups is 1. The first kappa shape index (κ1) is 17.7. The van der Waals surface area contributed by atoms with Gasteiger partial charge in [0.2, 0.25) is 0 Å². The van der Waals surface area contributed by atoms with Gasteiger partial charge in [0, 0.05) is 24.2 Å². The molecule has 4 nitrogen and oxygen atoms in total. The molecule has 1 aliphatic carbocycles. The van der Waals surface area contributed by atoms with Crippen molar-refractivity contribution < 1.29 is 0 Å². The van der Waals surface area contributed by atoms with Gasteiger partial charge in [0.15, 0.2) is 5.96 Å². The molecule has 114 valence electrons. The largest absolute Gasteiger partial charge is 0.357 e.